The molecule has 0 saturated heterocycles. The van der Waals surface area contributed by atoms with Crippen molar-refractivity contribution >= 4 is 19.0 Å². The van der Waals surface area contributed by atoms with E-state index in [4.69, 9.17) is 13.2 Å². The predicted octanol–water partition coefficient (Wildman–Crippen LogP) is -1.73. The maximum absolute atomic E-state index is 8.85. The Morgan fingerprint density at radius 3 is 1.17 bits per heavy atom. The van der Waals surface area contributed by atoms with Gasteiger partial charge in [0.15, 0.2) is 0 Å². The van der Waals surface area contributed by atoms with Crippen molar-refractivity contribution in [2.45, 2.75) is 0 Å². The van der Waals surface area contributed by atoms with Crippen molar-refractivity contribution in [1.82, 2.24) is 0 Å². The van der Waals surface area contributed by atoms with Crippen LogP contribution >= 0.6 is 0 Å². The smallest absolute Gasteiger partial charge is 0 e. The topological polar surface area (TPSA) is 74.6 Å². The van der Waals surface area contributed by atoms with Crippen molar-refractivity contribution in [3.63, 3.8) is 0 Å². The van der Waals surface area contributed by atoms with Crippen LogP contribution in [0.15, 0.2) is 0 Å². The largest absolute Gasteiger partial charge is 0 e. The van der Waals surface area contributed by atoms with E-state index >= 15 is 0 Å². The maximum Gasteiger partial charge on any atom is 0 e. The van der Waals surface area contributed by atoms with Crippen LogP contribution in [0, 0.1) is 0 Å². The standard InChI is InChI=1S/Cd.H2O4Te/c;1-5(2,3)4/h;(H2,1,2,3,4). The third-order valence-electron chi connectivity index (χ3n) is 0. The van der Waals surface area contributed by atoms with Crippen molar-refractivity contribution in [3.05, 3.63) is 0 Å². The van der Waals surface area contributed by atoms with E-state index in [9.17, 15) is 0 Å². The van der Waals surface area contributed by atoms with Crippen molar-refractivity contribution in [1.29, 1.82) is 0 Å². The molecule has 0 radical (unpaired) electrons. The zero-order valence-corrected chi connectivity index (χ0v) is 9.19. The van der Waals surface area contributed by atoms with E-state index in [0.29, 0.717) is 0 Å². The fourth-order valence-corrected chi connectivity index (χ4v) is 0. The van der Waals surface area contributed by atoms with Gasteiger partial charge < -0.3 is 0 Å². The second kappa shape index (κ2) is 3.26. The molecule has 0 unspecified atom stereocenters. The van der Waals surface area contributed by atoms with E-state index in [1.165, 1.54) is 0 Å². The van der Waals surface area contributed by atoms with Crippen LogP contribution in [-0.2, 0) is 33.5 Å². The molecule has 0 aliphatic rings. The Hall–Kier alpha value is 1.23. The van der Waals surface area contributed by atoms with Crippen molar-refractivity contribution < 1.29 is 40.4 Å². The molecular weight excluding hydrogens is 304 g/mol. The van der Waals surface area contributed by atoms with E-state index in [1.807, 2.05) is 0 Å². The Morgan fingerprint density at radius 1 is 1.17 bits per heavy atom. The molecule has 4 nitrogen and oxygen atoms in total. The van der Waals surface area contributed by atoms with Crippen molar-refractivity contribution in [3.8, 4) is 0 Å². The molecule has 0 heterocycles. The summed E-state index contributed by atoms with van der Waals surface area (Å²) in [5.41, 5.74) is 0. The number of hydrogen-bond acceptors (Lipinski definition) is 2. The van der Waals surface area contributed by atoms with E-state index in [-0.39, 0.29) is 27.3 Å². The first kappa shape index (κ1) is 10.3. The molecule has 0 amide bonds. The summed E-state index contributed by atoms with van der Waals surface area (Å²) >= 11 is -5.52. The molecule has 0 aliphatic heterocycles. The molecule has 6 heavy (non-hydrogen) atoms. The van der Waals surface area contributed by atoms with Gasteiger partial charge in [0.1, 0.15) is 0 Å². The van der Waals surface area contributed by atoms with Gasteiger partial charge in [-0.3, -0.25) is 0 Å². The summed E-state index contributed by atoms with van der Waals surface area (Å²) in [5.74, 6) is 0. The first-order chi connectivity index (χ1) is 2.00. The van der Waals surface area contributed by atoms with Crippen LogP contribution < -0.4 is 0 Å². The van der Waals surface area contributed by atoms with Gasteiger partial charge in [0.25, 0.3) is 0 Å². The summed E-state index contributed by atoms with van der Waals surface area (Å²) in [4.78, 5) is 0. The van der Waals surface area contributed by atoms with Gasteiger partial charge in [-0.05, 0) is 0 Å². The first-order valence-corrected chi connectivity index (χ1v) is 4.69. The molecule has 34 valence electrons. The summed E-state index contributed by atoms with van der Waals surface area (Å²) in [7, 11) is 0. The first-order valence-electron chi connectivity index (χ1n) is 0.698. The monoisotopic (exact) mass is 310 g/mol. The molecule has 6 heteroatoms. The molecule has 0 aromatic rings. The number of hydrogen-bond donors (Lipinski definition) is 2. The van der Waals surface area contributed by atoms with Crippen LogP contribution in [-0.4, -0.2) is 25.9 Å². The van der Waals surface area contributed by atoms with E-state index in [0.717, 1.165) is 0 Å². The fourth-order valence-electron chi connectivity index (χ4n) is 0. The fraction of sp³-hybridized carbons (Fsp3) is 0. The van der Waals surface area contributed by atoms with Gasteiger partial charge in [0.2, 0.25) is 0 Å². The summed E-state index contributed by atoms with van der Waals surface area (Å²) in [5, 5.41) is 0. The predicted molar refractivity (Wildman–Crippen MR) is 11.6 cm³/mol. The third kappa shape index (κ3) is 61.8. The maximum atomic E-state index is 8.85. The zero-order chi connectivity index (χ0) is 4.50. The average molecular weight is 306 g/mol. The quantitative estimate of drug-likeness (QED) is 0.521. The molecule has 0 aromatic carbocycles. The second-order valence-electron chi connectivity index (χ2n) is 0.448. The van der Waals surface area contributed by atoms with Crippen LogP contribution in [0.4, 0.5) is 0 Å². The average Bonchev–Trinajstić information content (AvgIpc) is 0.722. The van der Waals surface area contributed by atoms with Gasteiger partial charge in [0, 0.05) is 27.3 Å². The molecule has 2 N–H and O–H groups in total. The Morgan fingerprint density at radius 2 is 1.17 bits per heavy atom. The molecule has 0 saturated carbocycles. The van der Waals surface area contributed by atoms with Crippen molar-refractivity contribution in [2.75, 3.05) is 0 Å². The van der Waals surface area contributed by atoms with Gasteiger partial charge >= 0.3 is 32.1 Å². The molecule has 0 aliphatic carbocycles. The van der Waals surface area contributed by atoms with E-state index in [1.54, 1.807) is 0 Å². The Kier molecular flexibility index (Phi) is 5.58. The normalized spacial score (nSPS) is 9.67. The van der Waals surface area contributed by atoms with Crippen LogP contribution in [0.5, 0.6) is 0 Å². The van der Waals surface area contributed by atoms with Crippen LogP contribution in [0.2, 0.25) is 0 Å². The number of rotatable bonds is 0. The van der Waals surface area contributed by atoms with E-state index < -0.39 is 19.0 Å². The molecule has 0 spiro atoms. The van der Waals surface area contributed by atoms with Gasteiger partial charge in [-0.1, -0.05) is 0 Å². The molecule has 0 aromatic heterocycles. The third-order valence-corrected chi connectivity index (χ3v) is 0. The Balaban J connectivity index is 0. The van der Waals surface area contributed by atoms with Gasteiger partial charge in [-0.2, -0.15) is 0 Å². The Labute approximate surface area is 59.0 Å². The van der Waals surface area contributed by atoms with Gasteiger partial charge in [-0.25, -0.2) is 0 Å². The molecular formula is H2CdO4Te. The molecule has 0 bridgehead atoms. The van der Waals surface area contributed by atoms with Gasteiger partial charge in [0.05, 0.1) is 0 Å². The van der Waals surface area contributed by atoms with Gasteiger partial charge in [-0.15, -0.1) is 0 Å². The van der Waals surface area contributed by atoms with Crippen LogP contribution in [0.25, 0.3) is 0 Å². The van der Waals surface area contributed by atoms with Crippen molar-refractivity contribution in [2.24, 2.45) is 0 Å². The molecule has 0 atom stereocenters. The summed E-state index contributed by atoms with van der Waals surface area (Å²) in [6.45, 7) is 0. The summed E-state index contributed by atoms with van der Waals surface area (Å²) in [6, 6.07) is 0. The Bertz CT molecular complexity index is 90.7. The van der Waals surface area contributed by atoms with E-state index in [2.05, 4.69) is 0 Å². The minimum Gasteiger partial charge on any atom is 0 e. The zero-order valence-electron chi connectivity index (χ0n) is 2.83. The summed E-state index contributed by atoms with van der Waals surface area (Å²) < 4.78 is 32.0. The SMILES string of the molecule is O=[Te](=O)(O)O.[Cd]. The van der Waals surface area contributed by atoms with Crippen LogP contribution in [0.3, 0.4) is 0 Å². The molecule has 0 fully saturated rings. The minimum atomic E-state index is -5.52. The molecule has 0 rings (SSSR count). The minimum absolute atomic E-state index is 0. The van der Waals surface area contributed by atoms with Crippen LogP contribution in [0.1, 0.15) is 0 Å². The second-order valence-corrected chi connectivity index (χ2v) is 3.00. The summed E-state index contributed by atoms with van der Waals surface area (Å²) in [6.07, 6.45) is 0.